The molecular formula is C36H38O18. The summed E-state index contributed by atoms with van der Waals surface area (Å²) >= 11 is 0. The number of aliphatic hydroxyl groups is 8. The minimum Gasteiger partial charge on any atom is -0.508 e. The fourth-order valence-corrected chi connectivity index (χ4v) is 5.89. The van der Waals surface area contributed by atoms with Crippen molar-refractivity contribution >= 4 is 17.8 Å². The van der Waals surface area contributed by atoms with Crippen molar-refractivity contribution in [3.05, 3.63) is 101 Å². The topological polar surface area (TPSA) is 295 Å². The summed E-state index contributed by atoms with van der Waals surface area (Å²) in [6.45, 7) is -1.35. The second-order valence-electron chi connectivity index (χ2n) is 12.6. The SMILES string of the molecule is O=C(C=Cc1ccc(O)c(O)c1)OC[C@H]1O[C@@H](OC2=C(c3ccc(O)cc3)O[C@H]3C=C(O)C=C(O[C@@H]4O[C@H](CO)[C@@H](O)[C@H](O)[C@H]4O)C3=C2)[C@H](O)[C@@H](O)[C@@H]1O. The van der Waals surface area contributed by atoms with Crippen LogP contribution in [0.5, 0.6) is 17.2 Å². The molecule has 1 aliphatic carbocycles. The van der Waals surface area contributed by atoms with E-state index in [-0.39, 0.29) is 40.1 Å². The molecule has 11 atom stereocenters. The van der Waals surface area contributed by atoms with Gasteiger partial charge in [0.1, 0.15) is 78.8 Å². The maximum atomic E-state index is 12.5. The lowest BCUT2D eigenvalue weighted by atomic mass is 9.96. The number of allylic oxidation sites excluding steroid dienone is 2. The molecule has 2 aromatic carbocycles. The largest absolute Gasteiger partial charge is 0.508 e. The van der Waals surface area contributed by atoms with E-state index < -0.39 is 92.4 Å². The Hall–Kier alpha value is -5.15. The maximum Gasteiger partial charge on any atom is 0.330 e. The molecule has 11 N–H and O–H groups in total. The number of rotatable bonds is 10. The lowest BCUT2D eigenvalue weighted by Crippen LogP contribution is -2.59. The summed E-state index contributed by atoms with van der Waals surface area (Å²) in [5.74, 6) is -2.46. The molecular weight excluding hydrogens is 720 g/mol. The minimum atomic E-state index is -1.88. The van der Waals surface area contributed by atoms with Crippen LogP contribution in [-0.4, -0.2) is 143 Å². The molecule has 2 fully saturated rings. The van der Waals surface area contributed by atoms with Crippen LogP contribution in [0.15, 0.2) is 89.6 Å². The van der Waals surface area contributed by atoms with Crippen LogP contribution in [0, 0.1) is 0 Å². The van der Waals surface area contributed by atoms with E-state index >= 15 is 0 Å². The van der Waals surface area contributed by atoms with E-state index in [2.05, 4.69) is 0 Å². The normalized spacial score (nSPS) is 32.5. The highest BCUT2D eigenvalue weighted by Crippen LogP contribution is 2.40. The first-order chi connectivity index (χ1) is 25.7. The van der Waals surface area contributed by atoms with Gasteiger partial charge in [-0.05, 0) is 54.1 Å². The Morgan fingerprint density at radius 3 is 2.06 bits per heavy atom. The number of ether oxygens (including phenoxy) is 6. The summed E-state index contributed by atoms with van der Waals surface area (Å²) < 4.78 is 34.5. The van der Waals surface area contributed by atoms with Crippen molar-refractivity contribution in [2.24, 2.45) is 0 Å². The van der Waals surface area contributed by atoms with E-state index in [0.717, 1.165) is 12.2 Å². The Labute approximate surface area is 305 Å². The van der Waals surface area contributed by atoms with Crippen LogP contribution in [0.2, 0.25) is 0 Å². The molecule has 0 spiro atoms. The van der Waals surface area contributed by atoms with Crippen molar-refractivity contribution < 1.29 is 89.4 Å². The van der Waals surface area contributed by atoms with Crippen molar-refractivity contribution in [2.75, 3.05) is 13.2 Å². The van der Waals surface area contributed by atoms with Gasteiger partial charge in [-0.15, -0.1) is 0 Å². The van der Waals surface area contributed by atoms with Gasteiger partial charge in [0.15, 0.2) is 23.0 Å². The molecule has 3 aliphatic heterocycles. The number of hydrogen-bond acceptors (Lipinski definition) is 18. The first-order valence-corrected chi connectivity index (χ1v) is 16.5. The number of carbonyl (C=O) groups excluding carboxylic acids is 1. The van der Waals surface area contributed by atoms with Gasteiger partial charge in [-0.3, -0.25) is 0 Å². The molecule has 0 radical (unpaired) electrons. The average molecular weight is 759 g/mol. The Bertz CT molecular complexity index is 1850. The molecule has 0 aromatic heterocycles. The molecule has 18 heteroatoms. The zero-order valence-corrected chi connectivity index (χ0v) is 28.0. The summed E-state index contributed by atoms with van der Waals surface area (Å²) in [7, 11) is 0. The molecule has 4 aliphatic rings. The monoisotopic (exact) mass is 758 g/mol. The lowest BCUT2D eigenvalue weighted by molar-refractivity contribution is -0.292. The first-order valence-electron chi connectivity index (χ1n) is 16.5. The molecule has 0 amide bonds. The van der Waals surface area contributed by atoms with Crippen LogP contribution in [0.3, 0.4) is 0 Å². The van der Waals surface area contributed by atoms with Crippen molar-refractivity contribution in [2.45, 2.75) is 67.5 Å². The van der Waals surface area contributed by atoms with E-state index in [0.29, 0.717) is 11.1 Å². The fourth-order valence-electron chi connectivity index (χ4n) is 5.89. The third-order valence-electron chi connectivity index (χ3n) is 8.88. The highest BCUT2D eigenvalue weighted by atomic mass is 16.7. The van der Waals surface area contributed by atoms with Gasteiger partial charge in [-0.1, -0.05) is 6.07 Å². The van der Waals surface area contributed by atoms with Gasteiger partial charge >= 0.3 is 5.97 Å². The van der Waals surface area contributed by atoms with Gasteiger partial charge in [-0.2, -0.15) is 0 Å². The van der Waals surface area contributed by atoms with Crippen molar-refractivity contribution in [3.63, 3.8) is 0 Å². The second kappa shape index (κ2) is 16.1. The van der Waals surface area contributed by atoms with Crippen LogP contribution < -0.4 is 0 Å². The Morgan fingerprint density at radius 1 is 0.741 bits per heavy atom. The van der Waals surface area contributed by atoms with Gasteiger partial charge < -0.3 is 84.6 Å². The summed E-state index contributed by atoms with van der Waals surface area (Å²) in [5, 5.41) is 113. The molecule has 0 bridgehead atoms. The van der Waals surface area contributed by atoms with E-state index in [1.807, 2.05) is 0 Å². The van der Waals surface area contributed by atoms with Crippen LogP contribution in [-0.2, 0) is 33.2 Å². The lowest BCUT2D eigenvalue weighted by Gasteiger charge is -2.41. The van der Waals surface area contributed by atoms with E-state index in [1.54, 1.807) is 0 Å². The predicted molar refractivity (Wildman–Crippen MR) is 179 cm³/mol. The molecule has 0 saturated carbocycles. The number of hydrogen-bond donors (Lipinski definition) is 11. The number of fused-ring (bicyclic) bond motifs is 1. The molecule has 18 nitrogen and oxygen atoms in total. The summed E-state index contributed by atoms with van der Waals surface area (Å²) in [5.41, 5.74) is 0.807. The average Bonchev–Trinajstić information content (AvgIpc) is 3.15. The van der Waals surface area contributed by atoms with Crippen LogP contribution in [0.25, 0.3) is 11.8 Å². The molecule has 54 heavy (non-hydrogen) atoms. The number of phenolic OH excluding ortho intramolecular Hbond substituents is 3. The summed E-state index contributed by atoms with van der Waals surface area (Å²) in [6.07, 6.45) is -11.9. The summed E-state index contributed by atoms with van der Waals surface area (Å²) in [4.78, 5) is 12.5. The number of esters is 1. The number of phenols is 3. The minimum absolute atomic E-state index is 0.0216. The Morgan fingerprint density at radius 2 is 1.39 bits per heavy atom. The molecule has 2 saturated heterocycles. The van der Waals surface area contributed by atoms with Gasteiger partial charge in [0, 0.05) is 29.4 Å². The van der Waals surface area contributed by atoms with Crippen LogP contribution in [0.4, 0.5) is 0 Å². The molecule has 6 rings (SSSR count). The Balaban J connectivity index is 1.25. The van der Waals surface area contributed by atoms with Gasteiger partial charge in [0.25, 0.3) is 0 Å². The fraction of sp³-hybridized carbons (Fsp3) is 0.361. The smallest absolute Gasteiger partial charge is 0.330 e. The number of carbonyl (C=O) groups is 1. The zero-order valence-electron chi connectivity index (χ0n) is 28.0. The van der Waals surface area contributed by atoms with Gasteiger partial charge in [0.2, 0.25) is 12.6 Å². The third-order valence-corrected chi connectivity index (χ3v) is 8.88. The Kier molecular flexibility index (Phi) is 11.5. The maximum absolute atomic E-state index is 12.5. The molecule has 290 valence electrons. The second-order valence-corrected chi connectivity index (χ2v) is 12.6. The molecule has 2 aromatic rings. The van der Waals surface area contributed by atoms with Gasteiger partial charge in [-0.25, -0.2) is 4.79 Å². The molecule has 3 heterocycles. The van der Waals surface area contributed by atoms with Crippen molar-refractivity contribution in [3.8, 4) is 17.2 Å². The van der Waals surface area contributed by atoms with E-state index in [9.17, 15) is 61.0 Å². The van der Waals surface area contributed by atoms with E-state index in [1.165, 1.54) is 60.7 Å². The van der Waals surface area contributed by atoms with Crippen LogP contribution >= 0.6 is 0 Å². The highest BCUT2D eigenvalue weighted by molar-refractivity contribution is 5.87. The van der Waals surface area contributed by atoms with Crippen LogP contribution in [0.1, 0.15) is 11.1 Å². The standard InChI is InChI=1S/C36H38O18/c37-13-25-28(43)30(45)32(47)35(53-25)51-23-11-18(39)10-22-19(23)12-24(34(50-22)16-3-5-17(38)6-4-16)52-36-33(48)31(46)29(44)26(54-36)14-49-27(42)8-2-15-1-7-20(40)21(41)9-15/h1-12,22,25-26,28-33,35-41,43-48H,13-14H2/t22-,25+,26+,28+,29+,30-,31-,32+,33+,35+,36+/m0/s1. The number of aromatic hydroxyl groups is 3. The highest BCUT2D eigenvalue weighted by Gasteiger charge is 2.48. The summed E-state index contributed by atoms with van der Waals surface area (Å²) in [6, 6.07) is 9.46. The quantitative estimate of drug-likeness (QED) is 0.0790. The molecule has 0 unspecified atom stereocenters. The number of benzene rings is 2. The predicted octanol–water partition coefficient (Wildman–Crippen LogP) is -0.966. The van der Waals surface area contributed by atoms with Gasteiger partial charge in [0.05, 0.1) is 6.61 Å². The zero-order chi connectivity index (χ0) is 38.8. The van der Waals surface area contributed by atoms with Crippen molar-refractivity contribution in [1.29, 1.82) is 0 Å². The van der Waals surface area contributed by atoms with Crippen molar-refractivity contribution in [1.82, 2.24) is 0 Å². The first kappa shape index (κ1) is 38.6. The third kappa shape index (κ3) is 8.16. The van der Waals surface area contributed by atoms with E-state index in [4.69, 9.17) is 28.4 Å². The number of aliphatic hydroxyl groups excluding tert-OH is 8.